The Bertz CT molecular complexity index is 918. The number of hydrogen-bond donors (Lipinski definition) is 0. The van der Waals surface area contributed by atoms with Crippen LogP contribution in [0.4, 0.5) is 4.39 Å². The Kier molecular flexibility index (Phi) is 5.21. The molecule has 2 aromatic carbocycles. The number of carbonyl (C=O) groups excluding carboxylic acids is 2. The molecular formula is C19H15FO4S. The summed E-state index contributed by atoms with van der Waals surface area (Å²) in [5, 5.41) is 0.357. The van der Waals surface area contributed by atoms with E-state index in [4.69, 9.17) is 9.47 Å². The van der Waals surface area contributed by atoms with Crippen molar-refractivity contribution in [1.82, 2.24) is 0 Å². The molecule has 0 atom stereocenters. The van der Waals surface area contributed by atoms with Gasteiger partial charge in [0.05, 0.1) is 6.61 Å². The molecule has 0 N–H and O–H groups in total. The van der Waals surface area contributed by atoms with Crippen molar-refractivity contribution in [2.45, 2.75) is 6.61 Å². The molecule has 0 spiro atoms. The lowest BCUT2D eigenvalue weighted by Crippen LogP contribution is -2.14. The quantitative estimate of drug-likeness (QED) is 0.489. The second kappa shape index (κ2) is 7.55. The molecule has 0 saturated heterocycles. The Balaban J connectivity index is 1.83. The van der Waals surface area contributed by atoms with Crippen LogP contribution in [0.15, 0.2) is 48.5 Å². The van der Waals surface area contributed by atoms with Gasteiger partial charge in [0.15, 0.2) is 12.4 Å². The second-order valence-electron chi connectivity index (χ2n) is 5.32. The van der Waals surface area contributed by atoms with Gasteiger partial charge in [-0.25, -0.2) is 9.18 Å². The van der Waals surface area contributed by atoms with E-state index < -0.39 is 11.8 Å². The normalized spacial score (nSPS) is 10.8. The van der Waals surface area contributed by atoms with Crippen molar-refractivity contribution in [3.05, 3.63) is 70.4 Å². The molecule has 1 aromatic heterocycles. The highest BCUT2D eigenvalue weighted by atomic mass is 32.1. The number of ketones is 1. The average Bonchev–Trinajstić information content (AvgIpc) is 3.00. The molecule has 1 heterocycles. The Morgan fingerprint density at radius 1 is 1.08 bits per heavy atom. The van der Waals surface area contributed by atoms with Gasteiger partial charge in [-0.2, -0.15) is 0 Å². The SMILES string of the molecule is COCc1c(C(=O)OCC(=O)c2ccccc2)sc2cccc(F)c12. The van der Waals surface area contributed by atoms with Crippen molar-refractivity contribution in [3.63, 3.8) is 0 Å². The number of esters is 1. The summed E-state index contributed by atoms with van der Waals surface area (Å²) in [4.78, 5) is 24.7. The number of benzene rings is 2. The van der Waals surface area contributed by atoms with Crippen LogP contribution >= 0.6 is 11.3 Å². The molecule has 3 aromatic rings. The summed E-state index contributed by atoms with van der Waals surface area (Å²) in [5.41, 5.74) is 0.910. The van der Waals surface area contributed by atoms with Crippen molar-refractivity contribution < 1.29 is 23.5 Å². The number of carbonyl (C=O) groups is 2. The molecular weight excluding hydrogens is 343 g/mol. The third-order valence-corrected chi connectivity index (χ3v) is 4.84. The predicted molar refractivity (Wildman–Crippen MR) is 93.6 cm³/mol. The summed E-state index contributed by atoms with van der Waals surface area (Å²) in [6.45, 7) is -0.288. The van der Waals surface area contributed by atoms with Crippen molar-refractivity contribution in [2.24, 2.45) is 0 Å². The number of fused-ring (bicyclic) bond motifs is 1. The fraction of sp³-hybridized carbons (Fsp3) is 0.158. The summed E-state index contributed by atoms with van der Waals surface area (Å²) in [7, 11) is 1.47. The zero-order valence-electron chi connectivity index (χ0n) is 13.5. The van der Waals surface area contributed by atoms with Crippen molar-refractivity contribution >= 4 is 33.2 Å². The van der Waals surface area contributed by atoms with Gasteiger partial charge in [-0.05, 0) is 12.1 Å². The molecule has 0 aliphatic heterocycles. The molecule has 0 saturated carbocycles. The van der Waals surface area contributed by atoms with Crippen LogP contribution in [0.5, 0.6) is 0 Å². The minimum absolute atomic E-state index is 0.0813. The van der Waals surface area contributed by atoms with Crippen LogP contribution in [-0.2, 0) is 16.1 Å². The Morgan fingerprint density at radius 3 is 2.56 bits per heavy atom. The molecule has 4 nitrogen and oxygen atoms in total. The third-order valence-electron chi connectivity index (χ3n) is 3.67. The van der Waals surface area contributed by atoms with Crippen LogP contribution in [0, 0.1) is 5.82 Å². The van der Waals surface area contributed by atoms with Gasteiger partial charge in [0.2, 0.25) is 0 Å². The number of ether oxygens (including phenoxy) is 2. The molecule has 0 unspecified atom stereocenters. The molecule has 0 aliphatic carbocycles. The van der Waals surface area contributed by atoms with E-state index in [1.807, 2.05) is 0 Å². The molecule has 0 amide bonds. The second-order valence-corrected chi connectivity index (χ2v) is 6.37. The van der Waals surface area contributed by atoms with Gasteiger partial charge in [0.25, 0.3) is 0 Å². The van der Waals surface area contributed by atoms with Crippen molar-refractivity contribution in [2.75, 3.05) is 13.7 Å². The Labute approximate surface area is 147 Å². The average molecular weight is 358 g/mol. The highest BCUT2D eigenvalue weighted by molar-refractivity contribution is 7.21. The maximum atomic E-state index is 14.1. The number of methoxy groups -OCH3 is 1. The first-order valence-corrected chi connectivity index (χ1v) is 8.37. The van der Waals surface area contributed by atoms with E-state index in [0.29, 0.717) is 21.2 Å². The minimum atomic E-state index is -0.656. The van der Waals surface area contributed by atoms with E-state index in [0.717, 1.165) is 11.3 Å². The molecule has 0 fully saturated rings. The largest absolute Gasteiger partial charge is 0.453 e. The lowest BCUT2D eigenvalue weighted by Gasteiger charge is -2.05. The van der Waals surface area contributed by atoms with Crippen LogP contribution in [0.1, 0.15) is 25.6 Å². The van der Waals surface area contributed by atoms with E-state index in [2.05, 4.69) is 0 Å². The van der Waals surface area contributed by atoms with Crippen LogP contribution in [0.2, 0.25) is 0 Å². The smallest absolute Gasteiger partial charge is 0.349 e. The Hall–Kier alpha value is -2.57. The van der Waals surface area contributed by atoms with E-state index in [-0.39, 0.29) is 23.9 Å². The predicted octanol–water partition coefficient (Wildman–Crippen LogP) is 4.23. The van der Waals surface area contributed by atoms with Crippen LogP contribution in [0.3, 0.4) is 0 Å². The summed E-state index contributed by atoms with van der Waals surface area (Å²) < 4.78 is 25.0. The van der Waals surface area contributed by atoms with E-state index in [1.54, 1.807) is 42.5 Å². The number of thiophene rings is 1. The molecule has 128 valence electrons. The number of halogens is 1. The lowest BCUT2D eigenvalue weighted by molar-refractivity contribution is 0.0476. The van der Waals surface area contributed by atoms with Crippen molar-refractivity contribution in [3.8, 4) is 0 Å². The zero-order chi connectivity index (χ0) is 17.8. The Morgan fingerprint density at radius 2 is 1.84 bits per heavy atom. The van der Waals surface area contributed by atoms with Gasteiger partial charge >= 0.3 is 5.97 Å². The van der Waals surface area contributed by atoms with Crippen LogP contribution in [0.25, 0.3) is 10.1 Å². The van der Waals surface area contributed by atoms with Gasteiger partial charge in [-0.15, -0.1) is 11.3 Å². The molecule has 6 heteroatoms. The number of rotatable bonds is 6. The summed E-state index contributed by atoms with van der Waals surface area (Å²) in [5.74, 6) is -1.37. The molecule has 0 aliphatic rings. The molecule has 0 bridgehead atoms. The first-order valence-electron chi connectivity index (χ1n) is 7.56. The van der Waals surface area contributed by atoms with Crippen LogP contribution in [-0.4, -0.2) is 25.5 Å². The van der Waals surface area contributed by atoms with E-state index >= 15 is 0 Å². The summed E-state index contributed by atoms with van der Waals surface area (Å²) in [6.07, 6.45) is 0. The number of Topliss-reactive ketones (excluding diaryl/α,β-unsaturated/α-hetero) is 1. The monoisotopic (exact) mass is 358 g/mol. The van der Waals surface area contributed by atoms with Crippen LogP contribution < -0.4 is 0 Å². The zero-order valence-corrected chi connectivity index (χ0v) is 14.3. The molecule has 25 heavy (non-hydrogen) atoms. The third kappa shape index (κ3) is 3.60. The summed E-state index contributed by atoms with van der Waals surface area (Å²) in [6, 6.07) is 13.2. The van der Waals surface area contributed by atoms with Gasteiger partial charge < -0.3 is 9.47 Å². The standard InChI is InChI=1S/C19H15FO4S/c1-23-10-13-17-14(20)8-5-9-16(17)25-18(13)19(22)24-11-15(21)12-6-3-2-4-7-12/h2-9H,10-11H2,1H3. The molecule has 0 radical (unpaired) electrons. The van der Waals surface area contributed by atoms with Crippen molar-refractivity contribution in [1.29, 1.82) is 0 Å². The first-order chi connectivity index (χ1) is 12.1. The van der Waals surface area contributed by atoms with Gasteiger partial charge in [-0.3, -0.25) is 4.79 Å². The maximum Gasteiger partial charge on any atom is 0.349 e. The minimum Gasteiger partial charge on any atom is -0.453 e. The fourth-order valence-electron chi connectivity index (χ4n) is 2.52. The highest BCUT2D eigenvalue weighted by Gasteiger charge is 2.22. The number of hydrogen-bond acceptors (Lipinski definition) is 5. The van der Waals surface area contributed by atoms with E-state index in [9.17, 15) is 14.0 Å². The fourth-order valence-corrected chi connectivity index (χ4v) is 3.63. The van der Waals surface area contributed by atoms with Gasteiger partial charge in [0, 0.05) is 28.3 Å². The molecule has 3 rings (SSSR count). The van der Waals surface area contributed by atoms with Gasteiger partial charge in [-0.1, -0.05) is 36.4 Å². The highest BCUT2D eigenvalue weighted by Crippen LogP contribution is 2.34. The topological polar surface area (TPSA) is 52.6 Å². The summed E-state index contributed by atoms with van der Waals surface area (Å²) >= 11 is 1.13. The lowest BCUT2D eigenvalue weighted by atomic mass is 10.1. The van der Waals surface area contributed by atoms with Gasteiger partial charge in [0.1, 0.15) is 10.7 Å². The first kappa shape index (κ1) is 17.3. The maximum absolute atomic E-state index is 14.1. The van der Waals surface area contributed by atoms with E-state index in [1.165, 1.54) is 13.2 Å².